The van der Waals surface area contributed by atoms with Gasteiger partial charge in [0.1, 0.15) is 18.8 Å². The maximum absolute atomic E-state index is 11.4. The van der Waals surface area contributed by atoms with Gasteiger partial charge in [-0.2, -0.15) is 4.98 Å². The minimum absolute atomic E-state index is 0.0462. The maximum Gasteiger partial charge on any atom is 0.327 e. The molecular formula is C20H30N6O3. The molecule has 1 atom stereocenters. The Hall–Kier alpha value is -2.94. The van der Waals surface area contributed by atoms with E-state index in [2.05, 4.69) is 45.6 Å². The van der Waals surface area contributed by atoms with Crippen molar-refractivity contribution >= 4 is 29.2 Å². The summed E-state index contributed by atoms with van der Waals surface area (Å²) in [7, 11) is 0. The van der Waals surface area contributed by atoms with Crippen LogP contribution in [0.1, 0.15) is 27.2 Å². The van der Waals surface area contributed by atoms with Crippen molar-refractivity contribution in [3.63, 3.8) is 0 Å². The van der Waals surface area contributed by atoms with Crippen LogP contribution in [0.15, 0.2) is 35.3 Å². The Morgan fingerprint density at radius 2 is 2.28 bits per heavy atom. The molecule has 0 aliphatic carbocycles. The van der Waals surface area contributed by atoms with E-state index in [0.29, 0.717) is 23.5 Å². The van der Waals surface area contributed by atoms with E-state index in [-0.39, 0.29) is 19.8 Å². The van der Waals surface area contributed by atoms with Gasteiger partial charge >= 0.3 is 5.97 Å². The second-order valence-electron chi connectivity index (χ2n) is 7.01. The van der Waals surface area contributed by atoms with Gasteiger partial charge in [-0.05, 0) is 17.9 Å². The van der Waals surface area contributed by atoms with E-state index in [4.69, 9.17) is 15.6 Å². The van der Waals surface area contributed by atoms with Crippen LogP contribution in [0.3, 0.4) is 0 Å². The maximum atomic E-state index is 11.4. The summed E-state index contributed by atoms with van der Waals surface area (Å²) in [6, 6.07) is 2.01. The number of aliphatic hydroxyl groups is 1. The predicted octanol–water partition coefficient (Wildman–Crippen LogP) is 1.93. The number of allylic oxidation sites excluding steroid dienone is 1. The first kappa shape index (κ1) is 22.4. The van der Waals surface area contributed by atoms with Crippen molar-refractivity contribution in [3.05, 3.63) is 30.4 Å². The fraction of sp³-hybridized carbons (Fsp3) is 0.500. The molecule has 29 heavy (non-hydrogen) atoms. The fourth-order valence-corrected chi connectivity index (χ4v) is 2.91. The molecule has 0 amide bonds. The average Bonchev–Trinajstić information content (AvgIpc) is 3.11. The number of esters is 1. The first-order valence-corrected chi connectivity index (χ1v) is 9.75. The van der Waals surface area contributed by atoms with Gasteiger partial charge in [-0.15, -0.1) is 0 Å². The molecule has 158 valence electrons. The molecule has 9 heteroatoms. The van der Waals surface area contributed by atoms with Gasteiger partial charge in [0.15, 0.2) is 0 Å². The highest BCUT2D eigenvalue weighted by atomic mass is 16.5. The number of hydrogen-bond donors (Lipinski definition) is 3. The Bertz CT molecular complexity index is 859. The lowest BCUT2D eigenvalue weighted by atomic mass is 9.93. The summed E-state index contributed by atoms with van der Waals surface area (Å²) in [5.74, 6) is 1.01. The number of ether oxygens (including phenoxy) is 1. The second-order valence-corrected chi connectivity index (χ2v) is 7.01. The monoisotopic (exact) mass is 402 g/mol. The zero-order chi connectivity index (χ0) is 21.2. The summed E-state index contributed by atoms with van der Waals surface area (Å²) in [6.45, 7) is 7.13. The summed E-state index contributed by atoms with van der Waals surface area (Å²) >= 11 is 0. The highest BCUT2D eigenvalue weighted by Gasteiger charge is 2.14. The summed E-state index contributed by atoms with van der Waals surface area (Å²) in [5.41, 5.74) is 6.93. The number of nitrogens with one attached hydrogen (secondary N) is 1. The third-order valence-electron chi connectivity index (χ3n) is 4.64. The molecule has 0 aromatic carbocycles. The Labute approximate surface area is 170 Å². The standard InChI is InChI=1S/C20H30N6O3/c1-4-15(14(2)3)13-26-6-5-16-10-23-20(25-19(16)26)24-17(9-21)11-22-12-18(28)29-8-7-27/h5-6,9-11,14-15,27H,4,7-8,12-13,21H2,1-3H3,(H,23,24,25). The van der Waals surface area contributed by atoms with E-state index >= 15 is 0 Å². The molecule has 0 bridgehead atoms. The van der Waals surface area contributed by atoms with Crippen molar-refractivity contribution in [2.45, 2.75) is 33.7 Å². The number of fused-ring (bicyclic) bond motifs is 1. The van der Waals surface area contributed by atoms with Gasteiger partial charge in [-0.25, -0.2) is 4.98 Å². The molecule has 0 saturated heterocycles. The Balaban J connectivity index is 2.08. The van der Waals surface area contributed by atoms with Crippen LogP contribution in [-0.2, 0) is 16.1 Å². The topological polar surface area (TPSA) is 128 Å². The number of aromatic nitrogens is 3. The molecule has 0 fully saturated rings. The first-order chi connectivity index (χ1) is 14.0. The molecular weight excluding hydrogens is 372 g/mol. The summed E-state index contributed by atoms with van der Waals surface area (Å²) < 4.78 is 6.88. The number of nitrogens with zero attached hydrogens (tertiary/aromatic N) is 4. The van der Waals surface area contributed by atoms with E-state index in [1.165, 1.54) is 12.4 Å². The minimum Gasteiger partial charge on any atom is -0.462 e. The van der Waals surface area contributed by atoms with E-state index < -0.39 is 5.97 Å². The molecule has 0 aliphatic rings. The van der Waals surface area contributed by atoms with Crippen LogP contribution in [0.5, 0.6) is 0 Å². The van der Waals surface area contributed by atoms with Crippen molar-refractivity contribution in [1.82, 2.24) is 14.5 Å². The number of carbonyl (C=O) groups excluding carboxylic acids is 1. The van der Waals surface area contributed by atoms with Crippen LogP contribution in [0, 0.1) is 11.8 Å². The van der Waals surface area contributed by atoms with E-state index in [9.17, 15) is 4.79 Å². The summed E-state index contributed by atoms with van der Waals surface area (Å²) in [5, 5.41) is 12.6. The minimum atomic E-state index is -0.530. The lowest BCUT2D eigenvalue weighted by Gasteiger charge is -2.20. The van der Waals surface area contributed by atoms with Crippen LogP contribution < -0.4 is 11.1 Å². The predicted molar refractivity (Wildman–Crippen MR) is 113 cm³/mol. The normalized spacial score (nSPS) is 13.3. The van der Waals surface area contributed by atoms with Gasteiger partial charge in [-0.3, -0.25) is 9.79 Å². The fourth-order valence-electron chi connectivity index (χ4n) is 2.91. The molecule has 0 radical (unpaired) electrons. The Morgan fingerprint density at radius 1 is 1.48 bits per heavy atom. The van der Waals surface area contributed by atoms with E-state index in [0.717, 1.165) is 24.0 Å². The van der Waals surface area contributed by atoms with Gasteiger partial charge in [0, 0.05) is 36.7 Å². The molecule has 1 unspecified atom stereocenters. The van der Waals surface area contributed by atoms with Crippen molar-refractivity contribution in [1.29, 1.82) is 0 Å². The number of anilines is 1. The Kier molecular flexibility index (Phi) is 8.60. The van der Waals surface area contributed by atoms with Crippen LogP contribution in [-0.4, -0.2) is 51.6 Å². The highest BCUT2D eigenvalue weighted by Crippen LogP contribution is 2.21. The van der Waals surface area contributed by atoms with Gasteiger partial charge in [0.2, 0.25) is 5.95 Å². The van der Waals surface area contributed by atoms with Crippen LogP contribution in [0.25, 0.3) is 11.0 Å². The molecule has 2 heterocycles. The zero-order valence-electron chi connectivity index (χ0n) is 17.2. The number of hydrogen-bond acceptors (Lipinski definition) is 8. The highest BCUT2D eigenvalue weighted by molar-refractivity contribution is 5.85. The molecule has 2 rings (SSSR count). The van der Waals surface area contributed by atoms with Crippen molar-refractivity contribution in [3.8, 4) is 0 Å². The van der Waals surface area contributed by atoms with E-state index in [1.807, 2.05) is 12.3 Å². The number of aliphatic imine (C=N–C) groups is 1. The Morgan fingerprint density at radius 3 is 2.93 bits per heavy atom. The molecule has 2 aromatic heterocycles. The second kappa shape index (κ2) is 11.2. The van der Waals surface area contributed by atoms with E-state index in [1.54, 1.807) is 6.20 Å². The molecule has 0 saturated carbocycles. The van der Waals surface area contributed by atoms with Crippen LogP contribution in [0.2, 0.25) is 0 Å². The lowest BCUT2D eigenvalue weighted by Crippen LogP contribution is -2.15. The van der Waals surface area contributed by atoms with Crippen molar-refractivity contribution in [2.75, 3.05) is 25.1 Å². The summed E-state index contributed by atoms with van der Waals surface area (Å²) in [4.78, 5) is 24.3. The molecule has 0 spiro atoms. The number of aliphatic hydroxyl groups excluding tert-OH is 1. The average molecular weight is 402 g/mol. The first-order valence-electron chi connectivity index (χ1n) is 9.75. The van der Waals surface area contributed by atoms with Gasteiger partial charge < -0.3 is 25.5 Å². The van der Waals surface area contributed by atoms with Gasteiger partial charge in [0.25, 0.3) is 0 Å². The molecule has 9 nitrogen and oxygen atoms in total. The smallest absolute Gasteiger partial charge is 0.327 e. The quantitative estimate of drug-likeness (QED) is 0.387. The number of nitrogens with two attached hydrogens (primary N) is 1. The molecule has 4 N–H and O–H groups in total. The van der Waals surface area contributed by atoms with Crippen LogP contribution >= 0.6 is 0 Å². The number of carbonyl (C=O) groups is 1. The largest absolute Gasteiger partial charge is 0.462 e. The lowest BCUT2D eigenvalue weighted by molar-refractivity contribution is -0.142. The van der Waals surface area contributed by atoms with Crippen molar-refractivity contribution in [2.24, 2.45) is 22.6 Å². The third kappa shape index (κ3) is 6.56. The molecule has 2 aromatic rings. The number of rotatable bonds is 11. The van der Waals surface area contributed by atoms with Gasteiger partial charge in [-0.1, -0.05) is 27.2 Å². The molecule has 0 aliphatic heterocycles. The third-order valence-corrected chi connectivity index (χ3v) is 4.64. The van der Waals surface area contributed by atoms with Crippen molar-refractivity contribution < 1.29 is 14.6 Å². The zero-order valence-corrected chi connectivity index (χ0v) is 17.2. The summed E-state index contributed by atoms with van der Waals surface area (Å²) in [6.07, 6.45) is 7.63. The van der Waals surface area contributed by atoms with Crippen LogP contribution in [0.4, 0.5) is 5.95 Å². The van der Waals surface area contributed by atoms with Gasteiger partial charge in [0.05, 0.1) is 12.3 Å². The SMILES string of the molecule is CCC(Cn1ccc2cnc(NC(C=NCC(=O)OCCO)=CN)nc21)C(C)C.